The topological polar surface area (TPSA) is 86.2 Å². The number of aromatic nitrogens is 3. The van der Waals surface area contributed by atoms with Gasteiger partial charge in [-0.05, 0) is 26.3 Å². The first-order chi connectivity index (χ1) is 12.0. The van der Waals surface area contributed by atoms with E-state index in [0.29, 0.717) is 37.5 Å². The van der Waals surface area contributed by atoms with E-state index in [9.17, 15) is 5.11 Å². The van der Waals surface area contributed by atoms with E-state index in [0.717, 1.165) is 28.7 Å². The lowest BCUT2D eigenvalue weighted by Gasteiger charge is -2.25. The molecular formula is C19H26N4O2. The van der Waals surface area contributed by atoms with E-state index in [-0.39, 0.29) is 0 Å². The van der Waals surface area contributed by atoms with Gasteiger partial charge in [-0.1, -0.05) is 31.5 Å². The third kappa shape index (κ3) is 3.45. The molecule has 3 rings (SSSR count). The molecule has 0 saturated heterocycles. The number of para-hydroxylation sites is 1. The van der Waals surface area contributed by atoms with Gasteiger partial charge in [-0.3, -0.25) is 0 Å². The molecule has 0 aliphatic rings. The molecule has 0 fully saturated rings. The Labute approximate surface area is 147 Å². The van der Waals surface area contributed by atoms with E-state index in [4.69, 9.17) is 10.5 Å². The molecule has 134 valence electrons. The van der Waals surface area contributed by atoms with Crippen LogP contribution in [0, 0.1) is 0 Å². The van der Waals surface area contributed by atoms with Gasteiger partial charge < -0.3 is 20.1 Å². The second-order valence-corrected chi connectivity index (χ2v) is 6.71. The molecule has 1 unspecified atom stereocenters. The van der Waals surface area contributed by atoms with E-state index in [2.05, 4.69) is 16.9 Å². The molecular weight excluding hydrogens is 316 g/mol. The number of ether oxygens (including phenoxy) is 1. The highest BCUT2D eigenvalue weighted by molar-refractivity contribution is 6.06. The Hall–Kier alpha value is -2.18. The Bertz CT molecular complexity index is 886. The third-order valence-corrected chi connectivity index (χ3v) is 4.41. The van der Waals surface area contributed by atoms with Gasteiger partial charge in [0.2, 0.25) is 0 Å². The summed E-state index contributed by atoms with van der Waals surface area (Å²) in [6.07, 6.45) is 1.62. The highest BCUT2D eigenvalue weighted by Gasteiger charge is 2.25. The number of rotatable bonds is 7. The summed E-state index contributed by atoms with van der Waals surface area (Å²) in [4.78, 5) is 9.15. The average molecular weight is 342 g/mol. The van der Waals surface area contributed by atoms with E-state index in [1.54, 1.807) is 0 Å². The molecule has 0 saturated carbocycles. The van der Waals surface area contributed by atoms with Crippen LogP contribution in [0.5, 0.6) is 0 Å². The van der Waals surface area contributed by atoms with E-state index in [1.807, 2.05) is 42.7 Å². The van der Waals surface area contributed by atoms with E-state index in [1.165, 1.54) is 0 Å². The van der Waals surface area contributed by atoms with Crippen LogP contribution in [0.3, 0.4) is 0 Å². The number of nitrogens with zero attached hydrogens (tertiary/aromatic N) is 3. The Morgan fingerprint density at radius 1 is 1.24 bits per heavy atom. The number of benzene rings is 1. The Kier molecular flexibility index (Phi) is 4.92. The molecule has 1 atom stereocenters. The van der Waals surface area contributed by atoms with Crippen LogP contribution in [0.25, 0.3) is 21.9 Å². The number of hydrogen-bond donors (Lipinski definition) is 2. The molecule has 0 radical (unpaired) electrons. The van der Waals surface area contributed by atoms with Crippen molar-refractivity contribution in [2.75, 3.05) is 12.3 Å². The molecule has 3 N–H and O–H groups in total. The fourth-order valence-electron chi connectivity index (χ4n) is 3.34. The average Bonchev–Trinajstić information content (AvgIpc) is 2.91. The number of imidazole rings is 1. The van der Waals surface area contributed by atoms with E-state index < -0.39 is 5.60 Å². The van der Waals surface area contributed by atoms with Crippen molar-refractivity contribution in [3.63, 3.8) is 0 Å². The minimum Gasteiger partial charge on any atom is -0.388 e. The Balaban J connectivity index is 2.25. The predicted octanol–water partition coefficient (Wildman–Crippen LogP) is 3.25. The summed E-state index contributed by atoms with van der Waals surface area (Å²) in [7, 11) is 0. The van der Waals surface area contributed by atoms with Crippen molar-refractivity contribution in [2.45, 2.75) is 52.4 Å². The van der Waals surface area contributed by atoms with Crippen LogP contribution < -0.4 is 5.73 Å². The zero-order chi connectivity index (χ0) is 18.0. The van der Waals surface area contributed by atoms with Gasteiger partial charge >= 0.3 is 0 Å². The smallest absolute Gasteiger partial charge is 0.152 e. The molecule has 0 bridgehead atoms. The number of fused-ring (bicyclic) bond motifs is 3. The van der Waals surface area contributed by atoms with E-state index >= 15 is 0 Å². The zero-order valence-electron chi connectivity index (χ0n) is 15.1. The van der Waals surface area contributed by atoms with Crippen LogP contribution in [0.2, 0.25) is 0 Å². The molecule has 6 heteroatoms. The van der Waals surface area contributed by atoms with Crippen LogP contribution in [-0.4, -0.2) is 31.8 Å². The number of nitrogens with two attached hydrogens (primary N) is 1. The van der Waals surface area contributed by atoms with Crippen molar-refractivity contribution in [3.05, 3.63) is 30.1 Å². The summed E-state index contributed by atoms with van der Waals surface area (Å²) < 4.78 is 7.63. The summed E-state index contributed by atoms with van der Waals surface area (Å²) in [5.74, 6) is 1.17. The summed E-state index contributed by atoms with van der Waals surface area (Å²) >= 11 is 0. The number of hydrogen-bond acceptors (Lipinski definition) is 5. The molecule has 25 heavy (non-hydrogen) atoms. The summed E-state index contributed by atoms with van der Waals surface area (Å²) in [5.41, 5.74) is 7.74. The van der Waals surface area contributed by atoms with Crippen LogP contribution >= 0.6 is 0 Å². The molecule has 0 aliphatic carbocycles. The quantitative estimate of drug-likeness (QED) is 0.688. The fourth-order valence-corrected chi connectivity index (χ4v) is 3.34. The summed E-state index contributed by atoms with van der Waals surface area (Å²) in [5, 5.41) is 11.8. The molecule has 0 aliphatic heterocycles. The van der Waals surface area contributed by atoms with Crippen LogP contribution in [-0.2, 0) is 17.9 Å². The van der Waals surface area contributed by atoms with Gasteiger partial charge in [-0.15, -0.1) is 0 Å². The number of nitrogen functional groups attached to an aromatic ring is 1. The lowest BCUT2D eigenvalue weighted by atomic mass is 10.0. The minimum atomic E-state index is -0.831. The first-order valence-corrected chi connectivity index (χ1v) is 8.80. The highest BCUT2D eigenvalue weighted by atomic mass is 16.5. The molecule has 3 aromatic rings. The predicted molar refractivity (Wildman–Crippen MR) is 100 cm³/mol. The summed E-state index contributed by atoms with van der Waals surface area (Å²) in [6.45, 7) is 7.29. The fraction of sp³-hybridized carbons (Fsp3) is 0.474. The van der Waals surface area contributed by atoms with Gasteiger partial charge in [0, 0.05) is 12.0 Å². The van der Waals surface area contributed by atoms with Gasteiger partial charge in [0.15, 0.2) is 5.82 Å². The van der Waals surface area contributed by atoms with Crippen LogP contribution in [0.4, 0.5) is 5.82 Å². The molecule has 2 heterocycles. The second-order valence-electron chi connectivity index (χ2n) is 6.71. The van der Waals surface area contributed by atoms with Gasteiger partial charge in [-0.25, -0.2) is 9.97 Å². The number of anilines is 1. The molecule has 6 nitrogen and oxygen atoms in total. The maximum Gasteiger partial charge on any atom is 0.152 e. The second kappa shape index (κ2) is 6.98. The minimum absolute atomic E-state index is 0.376. The van der Waals surface area contributed by atoms with Crippen molar-refractivity contribution in [3.8, 4) is 0 Å². The van der Waals surface area contributed by atoms with Crippen LogP contribution in [0.15, 0.2) is 24.3 Å². The maximum absolute atomic E-state index is 10.8. The van der Waals surface area contributed by atoms with Crippen molar-refractivity contribution >= 4 is 27.8 Å². The largest absolute Gasteiger partial charge is 0.388 e. The third-order valence-electron chi connectivity index (χ3n) is 4.41. The number of pyridine rings is 1. The Morgan fingerprint density at radius 3 is 2.72 bits per heavy atom. The lowest BCUT2D eigenvalue weighted by Crippen LogP contribution is -2.31. The molecule has 2 aromatic heterocycles. The van der Waals surface area contributed by atoms with Crippen LogP contribution in [0.1, 0.15) is 39.4 Å². The maximum atomic E-state index is 10.8. The lowest BCUT2D eigenvalue weighted by molar-refractivity contribution is 0.0305. The van der Waals surface area contributed by atoms with Crippen molar-refractivity contribution in [1.29, 1.82) is 0 Å². The first-order valence-electron chi connectivity index (χ1n) is 8.80. The monoisotopic (exact) mass is 342 g/mol. The molecule has 1 aromatic carbocycles. The van der Waals surface area contributed by atoms with Crippen molar-refractivity contribution in [2.24, 2.45) is 0 Å². The normalized spacial score (nSPS) is 14.2. The molecule has 0 amide bonds. The summed E-state index contributed by atoms with van der Waals surface area (Å²) in [6, 6.07) is 7.87. The van der Waals surface area contributed by atoms with Crippen molar-refractivity contribution < 1.29 is 9.84 Å². The van der Waals surface area contributed by atoms with Gasteiger partial charge in [0.25, 0.3) is 0 Å². The van der Waals surface area contributed by atoms with Crippen molar-refractivity contribution in [1.82, 2.24) is 14.5 Å². The first kappa shape index (κ1) is 17.6. The van der Waals surface area contributed by atoms with Gasteiger partial charge in [-0.2, -0.15) is 0 Å². The molecule has 0 spiro atoms. The zero-order valence-corrected chi connectivity index (χ0v) is 15.1. The Morgan fingerprint density at radius 2 is 2.00 bits per heavy atom. The SMILES string of the molecule is CCCC(C)(O)Cn1c(COCC)nc2c(N)nc3ccccc3c21. The highest BCUT2D eigenvalue weighted by Crippen LogP contribution is 2.30. The number of aliphatic hydroxyl groups is 1. The standard InChI is InChI=1S/C19H26N4O2/c1-4-10-19(3,24)12-23-15(11-25-5-2)22-16-17(23)13-8-6-7-9-14(13)21-18(16)20/h6-9,24H,4-5,10-12H2,1-3H3,(H2,20,21). The van der Waals surface area contributed by atoms with Gasteiger partial charge in [0.05, 0.1) is 23.2 Å². The van der Waals surface area contributed by atoms with Gasteiger partial charge in [0.1, 0.15) is 17.9 Å².